The Balaban J connectivity index is 2.26. The molecule has 0 N–H and O–H groups in total. The topological polar surface area (TPSA) is 77.0 Å². The maximum Gasteiger partial charge on any atom is 0.261 e. The molecule has 0 amide bonds. The van der Waals surface area contributed by atoms with Gasteiger partial charge in [0.15, 0.2) is 5.78 Å². The first-order chi connectivity index (χ1) is 9.77. The number of rotatable bonds is 4. The second kappa shape index (κ2) is 6.09. The van der Waals surface area contributed by atoms with Crippen LogP contribution >= 0.6 is 22.3 Å². The van der Waals surface area contributed by atoms with Gasteiger partial charge in [0.2, 0.25) is 0 Å². The van der Waals surface area contributed by atoms with Gasteiger partial charge in [0, 0.05) is 23.2 Å². The summed E-state index contributed by atoms with van der Waals surface area (Å²) in [5.74, 6) is -0.233. The van der Waals surface area contributed by atoms with Gasteiger partial charge in [-0.2, -0.15) is 0 Å². The van der Waals surface area contributed by atoms with Gasteiger partial charge in [-0.25, -0.2) is 18.4 Å². The lowest BCUT2D eigenvalue weighted by atomic mass is 10.0. The van der Waals surface area contributed by atoms with E-state index in [2.05, 4.69) is 9.97 Å². The molecule has 0 saturated carbocycles. The molecule has 0 fully saturated rings. The van der Waals surface area contributed by atoms with Gasteiger partial charge in [-0.15, -0.1) is 0 Å². The summed E-state index contributed by atoms with van der Waals surface area (Å²) in [4.78, 5) is 19.7. The Morgan fingerprint density at radius 3 is 2.52 bits per heavy atom. The number of benzene rings is 1. The molecule has 1 aromatic carbocycles. The van der Waals surface area contributed by atoms with E-state index < -0.39 is 9.05 Å². The molecule has 21 heavy (non-hydrogen) atoms. The molecule has 0 unspecified atom stereocenters. The van der Waals surface area contributed by atoms with Gasteiger partial charge in [-0.1, -0.05) is 17.7 Å². The zero-order valence-electron chi connectivity index (χ0n) is 10.9. The van der Waals surface area contributed by atoms with Gasteiger partial charge in [-0.3, -0.25) is 4.79 Å². The fourth-order valence-corrected chi connectivity index (χ4v) is 2.75. The molecule has 0 aliphatic rings. The van der Waals surface area contributed by atoms with Gasteiger partial charge in [0.1, 0.15) is 17.2 Å². The second-order valence-corrected chi connectivity index (χ2v) is 7.31. The zero-order valence-corrected chi connectivity index (χ0v) is 13.2. The van der Waals surface area contributed by atoms with E-state index in [-0.39, 0.29) is 27.9 Å². The molecule has 110 valence electrons. The first-order valence-electron chi connectivity index (χ1n) is 5.82. The van der Waals surface area contributed by atoms with E-state index in [1.165, 1.54) is 24.5 Å². The van der Waals surface area contributed by atoms with Crippen molar-refractivity contribution < 1.29 is 13.2 Å². The number of hydrogen-bond acceptors (Lipinski definition) is 5. The fraction of sp³-hybridized carbons (Fsp3) is 0.154. The highest BCUT2D eigenvalue weighted by Gasteiger charge is 2.14. The van der Waals surface area contributed by atoms with Crippen LogP contribution in [0.25, 0.3) is 0 Å². The Kier molecular flexibility index (Phi) is 4.61. The predicted molar refractivity (Wildman–Crippen MR) is 79.3 cm³/mol. The van der Waals surface area contributed by atoms with Crippen LogP contribution in [0, 0.1) is 6.92 Å². The Morgan fingerprint density at radius 1 is 1.24 bits per heavy atom. The minimum atomic E-state index is -3.78. The van der Waals surface area contributed by atoms with Crippen LogP contribution in [0.2, 0.25) is 5.15 Å². The molecule has 1 aromatic heterocycles. The van der Waals surface area contributed by atoms with Gasteiger partial charge in [0.05, 0.1) is 4.90 Å². The maximum atomic E-state index is 12.1. The molecule has 0 aliphatic carbocycles. The Morgan fingerprint density at radius 2 is 1.95 bits per heavy atom. The number of nitrogens with zero attached hydrogens (tertiary/aromatic N) is 2. The number of aryl methyl sites for hydroxylation is 1. The van der Waals surface area contributed by atoms with E-state index >= 15 is 0 Å². The third-order valence-corrected chi connectivity index (χ3v) is 4.42. The van der Waals surface area contributed by atoms with E-state index in [0.717, 1.165) is 0 Å². The second-order valence-electron chi connectivity index (χ2n) is 4.35. The lowest BCUT2D eigenvalue weighted by molar-refractivity contribution is 0.0988. The summed E-state index contributed by atoms with van der Waals surface area (Å²) < 4.78 is 22.5. The Hall–Kier alpha value is -1.50. The lowest BCUT2D eigenvalue weighted by Crippen LogP contribution is -2.08. The molecule has 0 spiro atoms. The van der Waals surface area contributed by atoms with Crippen LogP contribution in [0.3, 0.4) is 0 Å². The van der Waals surface area contributed by atoms with Crippen molar-refractivity contribution in [2.24, 2.45) is 0 Å². The highest BCUT2D eigenvalue weighted by Crippen LogP contribution is 2.20. The minimum absolute atomic E-state index is 0.00273. The highest BCUT2D eigenvalue weighted by molar-refractivity contribution is 8.13. The average molecular weight is 345 g/mol. The lowest BCUT2D eigenvalue weighted by Gasteiger charge is -2.06. The van der Waals surface area contributed by atoms with Gasteiger partial charge in [-0.05, 0) is 30.2 Å². The number of carbonyl (C=O) groups is 1. The summed E-state index contributed by atoms with van der Waals surface area (Å²) >= 11 is 5.71. The van der Waals surface area contributed by atoms with E-state index in [1.807, 2.05) is 0 Å². The number of hydrogen-bond donors (Lipinski definition) is 0. The Bertz CT molecular complexity index is 807. The van der Waals surface area contributed by atoms with Crippen LogP contribution in [0.5, 0.6) is 0 Å². The summed E-state index contributed by atoms with van der Waals surface area (Å²) in [6.45, 7) is 1.71. The third kappa shape index (κ3) is 4.00. The molecule has 8 heteroatoms. The van der Waals surface area contributed by atoms with E-state index in [1.54, 1.807) is 13.0 Å². The van der Waals surface area contributed by atoms with Crippen molar-refractivity contribution in [1.29, 1.82) is 0 Å². The monoisotopic (exact) mass is 344 g/mol. The number of carbonyl (C=O) groups excluding carboxylic acids is 1. The predicted octanol–water partition coefficient (Wildman–Crippen LogP) is 2.79. The van der Waals surface area contributed by atoms with Crippen LogP contribution in [0.1, 0.15) is 21.6 Å². The summed E-state index contributed by atoms with van der Waals surface area (Å²) in [6, 6.07) is 5.74. The minimum Gasteiger partial charge on any atom is -0.292 e. The van der Waals surface area contributed by atoms with Crippen LogP contribution in [0.15, 0.2) is 35.5 Å². The van der Waals surface area contributed by atoms with Crippen LogP contribution < -0.4 is 0 Å². The standard InChI is InChI=1S/C13H10Cl2N2O3S/c1-8-4-10(21(15,19)20)3-2-9(8)5-12(18)11-6-13(14)17-7-16-11/h2-4,6-7H,5H2,1H3. The SMILES string of the molecule is Cc1cc(S(=O)(=O)Cl)ccc1CC(=O)c1cc(Cl)ncn1. The number of Topliss-reactive ketones (excluding diaryl/α,β-unsaturated/α-hetero) is 1. The van der Waals surface area contributed by atoms with Crippen molar-refractivity contribution in [3.8, 4) is 0 Å². The van der Waals surface area contributed by atoms with Crippen LogP contribution in [0.4, 0.5) is 0 Å². The molecule has 1 heterocycles. The summed E-state index contributed by atoms with van der Waals surface area (Å²) in [5, 5.41) is 0.189. The molecular formula is C13H10Cl2N2O3S. The highest BCUT2D eigenvalue weighted by atomic mass is 35.7. The third-order valence-electron chi connectivity index (χ3n) is 2.87. The average Bonchev–Trinajstić information content (AvgIpc) is 2.39. The zero-order chi connectivity index (χ0) is 15.6. The quantitative estimate of drug-likeness (QED) is 0.484. The summed E-state index contributed by atoms with van der Waals surface area (Å²) in [7, 11) is 1.50. The maximum absolute atomic E-state index is 12.1. The molecule has 0 atom stereocenters. The van der Waals surface area contributed by atoms with Crippen molar-refractivity contribution in [1.82, 2.24) is 9.97 Å². The first kappa shape index (κ1) is 15.9. The Labute approximate surface area is 131 Å². The van der Waals surface area contributed by atoms with E-state index in [4.69, 9.17) is 22.3 Å². The van der Waals surface area contributed by atoms with Crippen LogP contribution in [-0.2, 0) is 15.5 Å². The fourth-order valence-electron chi connectivity index (χ4n) is 1.77. The normalized spacial score (nSPS) is 11.4. The molecule has 5 nitrogen and oxygen atoms in total. The molecule has 0 radical (unpaired) electrons. The molecule has 0 aliphatic heterocycles. The van der Waals surface area contributed by atoms with Crippen LogP contribution in [-0.4, -0.2) is 24.2 Å². The number of ketones is 1. The van der Waals surface area contributed by atoms with Crippen molar-refractivity contribution in [3.05, 3.63) is 52.6 Å². The summed E-state index contributed by atoms with van der Waals surface area (Å²) in [5.41, 5.74) is 1.56. The number of aromatic nitrogens is 2. The largest absolute Gasteiger partial charge is 0.292 e. The summed E-state index contributed by atoms with van der Waals surface area (Å²) in [6.07, 6.45) is 1.30. The van der Waals surface area contributed by atoms with Crippen molar-refractivity contribution in [2.75, 3.05) is 0 Å². The van der Waals surface area contributed by atoms with Crippen molar-refractivity contribution in [3.63, 3.8) is 0 Å². The van der Waals surface area contributed by atoms with E-state index in [0.29, 0.717) is 11.1 Å². The van der Waals surface area contributed by atoms with Gasteiger partial charge < -0.3 is 0 Å². The van der Waals surface area contributed by atoms with Crippen molar-refractivity contribution >= 4 is 37.1 Å². The molecule has 0 saturated heterocycles. The van der Waals surface area contributed by atoms with Gasteiger partial charge in [0.25, 0.3) is 9.05 Å². The van der Waals surface area contributed by atoms with E-state index in [9.17, 15) is 13.2 Å². The molecule has 2 aromatic rings. The first-order valence-corrected chi connectivity index (χ1v) is 8.51. The molecular weight excluding hydrogens is 335 g/mol. The molecule has 2 rings (SSSR count). The van der Waals surface area contributed by atoms with Crippen molar-refractivity contribution in [2.45, 2.75) is 18.2 Å². The number of halogens is 2. The molecule has 0 bridgehead atoms. The van der Waals surface area contributed by atoms with Gasteiger partial charge >= 0.3 is 0 Å². The smallest absolute Gasteiger partial charge is 0.261 e.